The maximum atomic E-state index is 13.5. The lowest BCUT2D eigenvalue weighted by molar-refractivity contribution is 0.546. The Balaban J connectivity index is 2.25. The van der Waals surface area contributed by atoms with E-state index in [0.717, 1.165) is 10.9 Å². The summed E-state index contributed by atoms with van der Waals surface area (Å²) in [4.78, 5) is 4.75. The van der Waals surface area contributed by atoms with Crippen LogP contribution in [0.25, 0.3) is 0 Å². The Morgan fingerprint density at radius 3 is 2.63 bits per heavy atom. The number of thiazole rings is 1. The molecule has 1 heterocycles. The number of sulfonamides is 1. The van der Waals surface area contributed by atoms with Crippen LogP contribution in [0.1, 0.15) is 22.9 Å². The molecular formula is C12H13FN2O2S2. The lowest BCUT2D eigenvalue weighted by Crippen LogP contribution is -2.27. The van der Waals surface area contributed by atoms with Crippen LogP contribution in [0.5, 0.6) is 0 Å². The normalized spacial score (nSPS) is 13.4. The Bertz CT molecular complexity index is 683. The second-order valence-electron chi connectivity index (χ2n) is 4.08. The molecule has 0 aliphatic carbocycles. The highest BCUT2D eigenvalue weighted by Crippen LogP contribution is 2.22. The number of aryl methyl sites for hydroxylation is 1. The molecule has 1 aromatic heterocycles. The molecule has 0 aliphatic heterocycles. The molecule has 1 unspecified atom stereocenters. The number of nitrogens with zero attached hydrogens (tertiary/aromatic N) is 1. The van der Waals surface area contributed by atoms with Crippen molar-refractivity contribution in [3.8, 4) is 0 Å². The minimum atomic E-state index is -3.89. The van der Waals surface area contributed by atoms with Gasteiger partial charge in [0.1, 0.15) is 15.7 Å². The summed E-state index contributed by atoms with van der Waals surface area (Å²) >= 11 is 1.40. The van der Waals surface area contributed by atoms with Crippen LogP contribution in [0.15, 0.2) is 35.4 Å². The first-order valence-electron chi connectivity index (χ1n) is 5.59. The standard InChI is InChI=1S/C12H13FN2O2S2/c1-8-7-14-12(18-8)9(2)15-19(16,17)11-6-4-3-5-10(11)13/h3-7,9,15H,1-2H3. The van der Waals surface area contributed by atoms with Crippen LogP contribution < -0.4 is 4.72 Å². The first-order chi connectivity index (χ1) is 8.90. The van der Waals surface area contributed by atoms with Crippen molar-refractivity contribution in [1.29, 1.82) is 0 Å². The molecule has 1 N–H and O–H groups in total. The van der Waals surface area contributed by atoms with E-state index in [1.54, 1.807) is 13.1 Å². The monoisotopic (exact) mass is 300 g/mol. The number of hydrogen-bond acceptors (Lipinski definition) is 4. The highest BCUT2D eigenvalue weighted by atomic mass is 32.2. The molecular weight excluding hydrogens is 287 g/mol. The predicted octanol–water partition coefficient (Wildman–Crippen LogP) is 2.63. The summed E-state index contributed by atoms with van der Waals surface area (Å²) in [5.74, 6) is -0.766. The molecule has 0 radical (unpaired) electrons. The summed E-state index contributed by atoms with van der Waals surface area (Å²) in [5, 5.41) is 0.650. The summed E-state index contributed by atoms with van der Waals surface area (Å²) in [7, 11) is -3.89. The Morgan fingerprint density at radius 1 is 1.37 bits per heavy atom. The van der Waals surface area contributed by atoms with E-state index in [1.165, 1.54) is 29.5 Å². The van der Waals surface area contributed by atoms with Gasteiger partial charge in [-0.1, -0.05) is 12.1 Å². The van der Waals surface area contributed by atoms with Crippen molar-refractivity contribution in [3.63, 3.8) is 0 Å². The quantitative estimate of drug-likeness (QED) is 0.944. The van der Waals surface area contributed by atoms with E-state index in [-0.39, 0.29) is 4.90 Å². The van der Waals surface area contributed by atoms with Gasteiger partial charge in [-0.25, -0.2) is 22.5 Å². The van der Waals surface area contributed by atoms with Gasteiger partial charge < -0.3 is 0 Å². The minimum Gasteiger partial charge on any atom is -0.248 e. The van der Waals surface area contributed by atoms with Crippen LogP contribution in [0.3, 0.4) is 0 Å². The average molecular weight is 300 g/mol. The second kappa shape index (κ2) is 5.36. The fourth-order valence-electron chi connectivity index (χ4n) is 1.58. The molecule has 0 saturated heterocycles. The lowest BCUT2D eigenvalue weighted by Gasteiger charge is -2.12. The third-order valence-corrected chi connectivity index (χ3v) is 5.14. The van der Waals surface area contributed by atoms with E-state index >= 15 is 0 Å². The van der Waals surface area contributed by atoms with Gasteiger partial charge in [-0.3, -0.25) is 0 Å². The summed E-state index contributed by atoms with van der Waals surface area (Å²) in [6.07, 6.45) is 1.67. The fraction of sp³-hybridized carbons (Fsp3) is 0.250. The zero-order valence-electron chi connectivity index (χ0n) is 10.4. The van der Waals surface area contributed by atoms with Gasteiger partial charge in [0.2, 0.25) is 10.0 Å². The number of benzene rings is 1. The molecule has 7 heteroatoms. The first kappa shape index (κ1) is 14.1. The first-order valence-corrected chi connectivity index (χ1v) is 7.89. The zero-order chi connectivity index (χ0) is 14.0. The maximum Gasteiger partial charge on any atom is 0.244 e. The van der Waals surface area contributed by atoms with Gasteiger partial charge in [0.15, 0.2) is 0 Å². The molecule has 2 aromatic rings. The van der Waals surface area contributed by atoms with Crippen LogP contribution in [-0.2, 0) is 10.0 Å². The molecule has 4 nitrogen and oxygen atoms in total. The molecule has 102 valence electrons. The molecule has 0 aliphatic rings. The lowest BCUT2D eigenvalue weighted by atomic mass is 10.3. The highest BCUT2D eigenvalue weighted by molar-refractivity contribution is 7.89. The van der Waals surface area contributed by atoms with Gasteiger partial charge in [-0.2, -0.15) is 0 Å². The van der Waals surface area contributed by atoms with Crippen LogP contribution in [0, 0.1) is 12.7 Å². The Morgan fingerprint density at radius 2 is 2.05 bits per heavy atom. The Labute approximate surface area is 115 Å². The smallest absolute Gasteiger partial charge is 0.244 e. The van der Waals surface area contributed by atoms with Crippen molar-refractivity contribution in [2.45, 2.75) is 24.8 Å². The van der Waals surface area contributed by atoms with Gasteiger partial charge >= 0.3 is 0 Å². The Kier molecular flexibility index (Phi) is 3.98. The van der Waals surface area contributed by atoms with Gasteiger partial charge in [-0.15, -0.1) is 11.3 Å². The molecule has 2 rings (SSSR count). The van der Waals surface area contributed by atoms with E-state index < -0.39 is 21.9 Å². The topological polar surface area (TPSA) is 59.1 Å². The van der Waals surface area contributed by atoms with E-state index in [1.807, 2.05) is 6.92 Å². The third-order valence-electron chi connectivity index (χ3n) is 2.47. The van der Waals surface area contributed by atoms with Gasteiger partial charge in [-0.05, 0) is 26.0 Å². The number of hydrogen-bond donors (Lipinski definition) is 1. The fourth-order valence-corrected chi connectivity index (χ4v) is 3.72. The average Bonchev–Trinajstić information content (AvgIpc) is 2.76. The summed E-state index contributed by atoms with van der Waals surface area (Å²) in [5.41, 5.74) is 0. The van der Waals surface area contributed by atoms with Gasteiger partial charge in [0, 0.05) is 11.1 Å². The number of nitrogens with one attached hydrogen (secondary N) is 1. The molecule has 1 aromatic carbocycles. The van der Waals surface area contributed by atoms with Crippen molar-refractivity contribution in [1.82, 2.24) is 9.71 Å². The van der Waals surface area contributed by atoms with Crippen molar-refractivity contribution >= 4 is 21.4 Å². The van der Waals surface area contributed by atoms with Gasteiger partial charge in [0.25, 0.3) is 0 Å². The summed E-state index contributed by atoms with van der Waals surface area (Å²) in [6.45, 7) is 3.57. The number of rotatable bonds is 4. The number of halogens is 1. The van der Waals surface area contributed by atoms with E-state index in [0.29, 0.717) is 5.01 Å². The van der Waals surface area contributed by atoms with E-state index in [4.69, 9.17) is 0 Å². The largest absolute Gasteiger partial charge is 0.248 e. The zero-order valence-corrected chi connectivity index (χ0v) is 12.1. The molecule has 0 saturated carbocycles. The predicted molar refractivity (Wildman–Crippen MR) is 72.0 cm³/mol. The molecule has 0 spiro atoms. The summed E-state index contributed by atoms with van der Waals surface area (Å²) in [6, 6.07) is 4.78. The second-order valence-corrected chi connectivity index (χ2v) is 7.03. The minimum absolute atomic E-state index is 0.352. The highest BCUT2D eigenvalue weighted by Gasteiger charge is 2.22. The van der Waals surface area contributed by atoms with Crippen LogP contribution in [0.4, 0.5) is 4.39 Å². The van der Waals surface area contributed by atoms with E-state index in [9.17, 15) is 12.8 Å². The number of aromatic nitrogens is 1. The van der Waals surface area contributed by atoms with Crippen LogP contribution in [0.2, 0.25) is 0 Å². The van der Waals surface area contributed by atoms with Crippen LogP contribution >= 0.6 is 11.3 Å². The molecule has 0 fully saturated rings. The van der Waals surface area contributed by atoms with Crippen molar-refractivity contribution in [3.05, 3.63) is 46.2 Å². The molecule has 0 bridgehead atoms. The molecule has 19 heavy (non-hydrogen) atoms. The SMILES string of the molecule is Cc1cnc(C(C)NS(=O)(=O)c2ccccc2F)s1. The maximum absolute atomic E-state index is 13.5. The van der Waals surface area contributed by atoms with Crippen molar-refractivity contribution in [2.75, 3.05) is 0 Å². The van der Waals surface area contributed by atoms with Crippen molar-refractivity contribution < 1.29 is 12.8 Å². The van der Waals surface area contributed by atoms with E-state index in [2.05, 4.69) is 9.71 Å². The van der Waals surface area contributed by atoms with Crippen molar-refractivity contribution in [2.24, 2.45) is 0 Å². The van der Waals surface area contributed by atoms with Crippen LogP contribution in [-0.4, -0.2) is 13.4 Å². The summed E-state index contributed by atoms with van der Waals surface area (Å²) < 4.78 is 40.1. The third kappa shape index (κ3) is 3.17. The Hall–Kier alpha value is -1.31. The molecule has 1 atom stereocenters. The van der Waals surface area contributed by atoms with Gasteiger partial charge in [0.05, 0.1) is 6.04 Å². The molecule has 0 amide bonds.